The van der Waals surface area contributed by atoms with E-state index in [1.165, 1.54) is 0 Å². The zero-order valence-electron chi connectivity index (χ0n) is 15.7. The second-order valence-corrected chi connectivity index (χ2v) is 6.45. The van der Waals surface area contributed by atoms with Gasteiger partial charge in [-0.15, -0.1) is 0 Å². The van der Waals surface area contributed by atoms with E-state index in [-0.39, 0.29) is 24.3 Å². The zero-order chi connectivity index (χ0) is 18.9. The van der Waals surface area contributed by atoms with Gasteiger partial charge in [-0.2, -0.15) is 0 Å². The van der Waals surface area contributed by atoms with Crippen molar-refractivity contribution < 1.29 is 19.3 Å². The predicted molar refractivity (Wildman–Crippen MR) is 98.8 cm³/mol. The van der Waals surface area contributed by atoms with E-state index >= 15 is 0 Å². The highest BCUT2D eigenvalue weighted by Crippen LogP contribution is 2.04. The molecule has 2 N–H and O–H groups in total. The average molecular weight is 361 g/mol. The van der Waals surface area contributed by atoms with Crippen molar-refractivity contribution in [1.82, 2.24) is 15.1 Å². The van der Waals surface area contributed by atoms with E-state index in [0.29, 0.717) is 38.3 Å². The van der Waals surface area contributed by atoms with Gasteiger partial charge in [0, 0.05) is 18.7 Å². The summed E-state index contributed by atoms with van der Waals surface area (Å²) in [6, 6.07) is 9.27. The van der Waals surface area contributed by atoms with Crippen LogP contribution >= 0.6 is 0 Å². The first-order valence-electron chi connectivity index (χ1n) is 9.27. The van der Waals surface area contributed by atoms with Gasteiger partial charge in [-0.3, -0.25) is 14.4 Å². The number of nitrogens with zero attached hydrogens (tertiary/aromatic N) is 2. The summed E-state index contributed by atoms with van der Waals surface area (Å²) in [5.41, 5.74) is 0.700. The molecule has 1 aliphatic rings. The van der Waals surface area contributed by atoms with Gasteiger partial charge in [0.25, 0.3) is 11.8 Å². The van der Waals surface area contributed by atoms with E-state index in [1.54, 1.807) is 4.90 Å². The summed E-state index contributed by atoms with van der Waals surface area (Å²) < 4.78 is 0. The third kappa shape index (κ3) is 5.56. The van der Waals surface area contributed by atoms with Crippen LogP contribution in [0.5, 0.6) is 0 Å². The Bertz CT molecular complexity index is 612. The molecule has 3 amide bonds. The van der Waals surface area contributed by atoms with Gasteiger partial charge in [-0.05, 0) is 26.0 Å². The van der Waals surface area contributed by atoms with Crippen molar-refractivity contribution in [3.05, 3.63) is 35.9 Å². The molecule has 7 heteroatoms. The smallest absolute Gasteiger partial charge is 0.278 e. The SMILES string of the molecule is CCNC(=O)CN(CC)C(=O)C[NH+]1CCN(C(=O)c2ccccc2)CC1. The maximum Gasteiger partial charge on any atom is 0.278 e. The summed E-state index contributed by atoms with van der Waals surface area (Å²) in [5, 5.41) is 2.72. The fourth-order valence-electron chi connectivity index (χ4n) is 3.09. The lowest BCUT2D eigenvalue weighted by molar-refractivity contribution is -0.896. The number of piperazine rings is 1. The second kappa shape index (κ2) is 9.91. The monoisotopic (exact) mass is 361 g/mol. The van der Waals surface area contributed by atoms with Crippen LogP contribution in [-0.2, 0) is 9.59 Å². The van der Waals surface area contributed by atoms with Crippen molar-refractivity contribution in [3.63, 3.8) is 0 Å². The minimum absolute atomic E-state index is 0.0170. The van der Waals surface area contributed by atoms with Crippen LogP contribution in [0.4, 0.5) is 0 Å². The Morgan fingerprint density at radius 1 is 1.12 bits per heavy atom. The molecule has 1 aliphatic heterocycles. The highest BCUT2D eigenvalue weighted by Gasteiger charge is 2.27. The van der Waals surface area contributed by atoms with Crippen LogP contribution in [0.3, 0.4) is 0 Å². The molecule has 1 aromatic carbocycles. The van der Waals surface area contributed by atoms with E-state index in [9.17, 15) is 14.4 Å². The van der Waals surface area contributed by atoms with Crippen LogP contribution < -0.4 is 10.2 Å². The zero-order valence-corrected chi connectivity index (χ0v) is 15.7. The average Bonchev–Trinajstić information content (AvgIpc) is 2.67. The van der Waals surface area contributed by atoms with E-state index in [1.807, 2.05) is 49.1 Å². The Morgan fingerprint density at radius 3 is 2.35 bits per heavy atom. The molecule has 1 heterocycles. The molecular formula is C19H29N4O3+. The summed E-state index contributed by atoms with van der Waals surface area (Å²) in [6.07, 6.45) is 0. The third-order valence-corrected chi connectivity index (χ3v) is 4.62. The number of carbonyl (C=O) groups excluding carboxylic acids is 3. The first kappa shape index (κ1) is 19.9. The number of nitrogens with one attached hydrogen (secondary N) is 2. The maximum atomic E-state index is 12.5. The van der Waals surface area contributed by atoms with E-state index < -0.39 is 0 Å². The van der Waals surface area contributed by atoms with Gasteiger partial charge < -0.3 is 20.0 Å². The quantitative estimate of drug-likeness (QED) is 0.655. The first-order chi connectivity index (χ1) is 12.5. The molecular weight excluding hydrogens is 332 g/mol. The molecule has 142 valence electrons. The molecule has 0 aliphatic carbocycles. The third-order valence-electron chi connectivity index (χ3n) is 4.62. The number of hydrogen-bond acceptors (Lipinski definition) is 3. The highest BCUT2D eigenvalue weighted by atomic mass is 16.2. The standard InChI is InChI=1S/C19H28N4O3/c1-3-20-17(24)14-22(4-2)18(25)15-21-10-12-23(13-11-21)19(26)16-8-6-5-7-9-16/h5-9H,3-4,10-15H2,1-2H3,(H,20,24)/p+1. The van der Waals surface area contributed by atoms with Crippen LogP contribution in [0.1, 0.15) is 24.2 Å². The van der Waals surface area contributed by atoms with Crippen molar-refractivity contribution in [3.8, 4) is 0 Å². The first-order valence-corrected chi connectivity index (χ1v) is 9.27. The Hall–Kier alpha value is -2.41. The van der Waals surface area contributed by atoms with Crippen LogP contribution in [-0.4, -0.2) is 79.9 Å². The molecule has 0 atom stereocenters. The van der Waals surface area contributed by atoms with Crippen LogP contribution in [0.2, 0.25) is 0 Å². The number of amides is 3. The summed E-state index contributed by atoms with van der Waals surface area (Å²) in [7, 11) is 0. The normalized spacial score (nSPS) is 14.8. The highest BCUT2D eigenvalue weighted by molar-refractivity contribution is 5.94. The van der Waals surface area contributed by atoms with E-state index in [2.05, 4.69) is 5.32 Å². The summed E-state index contributed by atoms with van der Waals surface area (Å²) in [5.74, 6) is -0.102. The number of quaternary nitrogens is 1. The summed E-state index contributed by atoms with van der Waals surface area (Å²) in [4.78, 5) is 41.2. The van der Waals surface area contributed by atoms with E-state index in [4.69, 9.17) is 0 Å². The lowest BCUT2D eigenvalue weighted by Crippen LogP contribution is -3.15. The van der Waals surface area contributed by atoms with Crippen molar-refractivity contribution >= 4 is 17.7 Å². The molecule has 0 unspecified atom stereocenters. The Balaban J connectivity index is 1.81. The molecule has 1 saturated heterocycles. The van der Waals surface area contributed by atoms with Gasteiger partial charge in [-0.25, -0.2) is 0 Å². The minimum atomic E-state index is -0.129. The van der Waals surface area contributed by atoms with Gasteiger partial charge in [0.2, 0.25) is 5.91 Å². The molecule has 26 heavy (non-hydrogen) atoms. The molecule has 2 rings (SSSR count). The Kier molecular flexibility index (Phi) is 7.59. The lowest BCUT2D eigenvalue weighted by Gasteiger charge is -2.33. The van der Waals surface area contributed by atoms with E-state index in [0.717, 1.165) is 18.0 Å². The number of hydrogen-bond donors (Lipinski definition) is 2. The topological polar surface area (TPSA) is 74.2 Å². The number of benzene rings is 1. The fourth-order valence-corrected chi connectivity index (χ4v) is 3.09. The number of carbonyl (C=O) groups is 3. The second-order valence-electron chi connectivity index (χ2n) is 6.45. The molecule has 7 nitrogen and oxygen atoms in total. The molecule has 0 aromatic heterocycles. The molecule has 1 fully saturated rings. The summed E-state index contributed by atoms with van der Waals surface area (Å²) >= 11 is 0. The van der Waals surface area contributed by atoms with Crippen LogP contribution in [0.25, 0.3) is 0 Å². The van der Waals surface area contributed by atoms with Gasteiger partial charge in [0.15, 0.2) is 6.54 Å². The predicted octanol–water partition coefficient (Wildman–Crippen LogP) is -0.988. The molecule has 0 bridgehead atoms. The van der Waals surface area contributed by atoms with Gasteiger partial charge >= 0.3 is 0 Å². The van der Waals surface area contributed by atoms with Crippen molar-refractivity contribution in [1.29, 1.82) is 0 Å². The largest absolute Gasteiger partial charge is 0.355 e. The van der Waals surface area contributed by atoms with Gasteiger partial charge in [0.05, 0.1) is 32.7 Å². The lowest BCUT2D eigenvalue weighted by atomic mass is 10.2. The molecule has 0 spiro atoms. The van der Waals surface area contributed by atoms with Crippen molar-refractivity contribution in [2.24, 2.45) is 0 Å². The van der Waals surface area contributed by atoms with Crippen LogP contribution in [0, 0.1) is 0 Å². The molecule has 0 radical (unpaired) electrons. The van der Waals surface area contributed by atoms with Crippen molar-refractivity contribution in [2.45, 2.75) is 13.8 Å². The maximum absolute atomic E-state index is 12.5. The van der Waals surface area contributed by atoms with Gasteiger partial charge in [0.1, 0.15) is 0 Å². The van der Waals surface area contributed by atoms with Crippen LogP contribution in [0.15, 0.2) is 30.3 Å². The van der Waals surface area contributed by atoms with Gasteiger partial charge in [-0.1, -0.05) is 18.2 Å². The fraction of sp³-hybridized carbons (Fsp3) is 0.526. The minimum Gasteiger partial charge on any atom is -0.355 e. The number of rotatable bonds is 7. The summed E-state index contributed by atoms with van der Waals surface area (Å²) in [6.45, 7) is 8.04. The molecule has 0 saturated carbocycles. The molecule has 1 aromatic rings. The Morgan fingerprint density at radius 2 is 1.77 bits per heavy atom. The Labute approximate surface area is 154 Å². The number of likely N-dealkylation sites (N-methyl/N-ethyl adjacent to an activating group) is 2. The van der Waals surface area contributed by atoms with Crippen molar-refractivity contribution in [2.75, 3.05) is 52.4 Å².